The number of halogens is 1. The van der Waals surface area contributed by atoms with Gasteiger partial charge in [0.05, 0.1) is 0 Å². The van der Waals surface area contributed by atoms with Crippen LogP contribution in [0.5, 0.6) is 0 Å². The maximum absolute atomic E-state index is 12.4. The summed E-state index contributed by atoms with van der Waals surface area (Å²) in [7, 11) is 0. The molecule has 0 N–H and O–H groups in total. The summed E-state index contributed by atoms with van der Waals surface area (Å²) in [5, 5.41) is -0.306. The average molecular weight is 400 g/mol. The number of amides is 1. The van der Waals surface area contributed by atoms with Crippen molar-refractivity contribution in [3.05, 3.63) is 30.3 Å². The summed E-state index contributed by atoms with van der Waals surface area (Å²) in [5.74, 6) is 5.49. The highest BCUT2D eigenvalue weighted by atomic mass is 35.5. The first-order valence-corrected chi connectivity index (χ1v) is 12.1. The number of carbonyl (C=O) groups is 1. The topological polar surface area (TPSA) is 20.3 Å². The quantitative estimate of drug-likeness (QED) is 0.386. The molecule has 7 atom stereocenters. The van der Waals surface area contributed by atoms with E-state index >= 15 is 0 Å². The van der Waals surface area contributed by atoms with E-state index in [-0.39, 0.29) is 11.4 Å². The Hall–Kier alpha value is -1.02. The largest absolute Gasteiger partial charge is 0.321 e. The van der Waals surface area contributed by atoms with Crippen molar-refractivity contribution in [3.63, 3.8) is 0 Å². The number of nitrogens with zero attached hydrogens (tertiary/aromatic N) is 1. The van der Waals surface area contributed by atoms with Gasteiger partial charge in [-0.3, -0.25) is 9.69 Å². The van der Waals surface area contributed by atoms with Crippen LogP contribution >= 0.6 is 11.6 Å². The molecular formula is C25H34ClNO. The summed E-state index contributed by atoms with van der Waals surface area (Å²) in [6.45, 7) is 0. The van der Waals surface area contributed by atoms with E-state index in [1.807, 2.05) is 35.2 Å². The lowest BCUT2D eigenvalue weighted by atomic mass is 9.54. The van der Waals surface area contributed by atoms with Gasteiger partial charge < -0.3 is 0 Å². The Kier molecular flexibility index (Phi) is 5.43. The number of hydrogen-bond donors (Lipinski definition) is 0. The van der Waals surface area contributed by atoms with Crippen LogP contribution in [0.15, 0.2) is 30.3 Å². The van der Waals surface area contributed by atoms with Gasteiger partial charge in [0.2, 0.25) is 0 Å². The summed E-state index contributed by atoms with van der Waals surface area (Å²) in [6, 6.07) is 10.4. The lowest BCUT2D eigenvalue weighted by Gasteiger charge is -2.53. The van der Waals surface area contributed by atoms with Crippen molar-refractivity contribution in [2.75, 3.05) is 4.90 Å². The molecule has 0 aromatic heterocycles. The second kappa shape index (κ2) is 8.01. The van der Waals surface area contributed by atoms with Gasteiger partial charge in [-0.1, -0.05) is 56.7 Å². The van der Waals surface area contributed by atoms with Crippen molar-refractivity contribution in [1.29, 1.82) is 0 Å². The maximum Gasteiger partial charge on any atom is 0.321 e. The standard InChI is InChI=1S/C25H34ClNO/c26-25(28)27(22-10-2-1-3-11-22)23-15-19-8-5-9-20(16-23)24(19)21-13-17-6-4-7-18(12-17)14-21/h1-3,10-11,17-21,23-24H,4-9,12-16H2/t17-,18+,19-,20+,21?,23?,24?. The van der Waals surface area contributed by atoms with Crippen LogP contribution in [0.25, 0.3) is 0 Å². The molecule has 0 heterocycles. The minimum Gasteiger partial charge on any atom is -0.296 e. The summed E-state index contributed by atoms with van der Waals surface area (Å²) < 4.78 is 0. The van der Waals surface area contributed by atoms with Gasteiger partial charge in [0, 0.05) is 11.7 Å². The van der Waals surface area contributed by atoms with E-state index in [0.717, 1.165) is 54.0 Å². The first-order valence-electron chi connectivity index (χ1n) is 11.7. The average Bonchev–Trinajstić information content (AvgIpc) is 2.67. The molecule has 4 bridgehead atoms. The van der Waals surface area contributed by atoms with Gasteiger partial charge in [0.25, 0.3) is 0 Å². The molecule has 1 amide bonds. The van der Waals surface area contributed by atoms with Crippen LogP contribution in [0.1, 0.15) is 70.6 Å². The van der Waals surface area contributed by atoms with Crippen molar-refractivity contribution in [2.24, 2.45) is 35.5 Å². The third kappa shape index (κ3) is 3.62. The molecule has 152 valence electrons. The number of hydrogen-bond acceptors (Lipinski definition) is 1. The molecule has 4 saturated carbocycles. The van der Waals surface area contributed by atoms with Crippen LogP contribution in [0.3, 0.4) is 0 Å². The molecule has 0 aliphatic heterocycles. The van der Waals surface area contributed by atoms with Gasteiger partial charge >= 0.3 is 5.37 Å². The number of anilines is 1. The summed E-state index contributed by atoms with van der Waals surface area (Å²) in [6.07, 6.45) is 15.4. The fraction of sp³-hybridized carbons (Fsp3) is 0.720. The molecule has 4 fully saturated rings. The Morgan fingerprint density at radius 3 is 2.00 bits per heavy atom. The van der Waals surface area contributed by atoms with Crippen LogP contribution in [0.4, 0.5) is 10.5 Å². The third-order valence-corrected chi connectivity index (χ3v) is 8.87. The summed E-state index contributed by atoms with van der Waals surface area (Å²) in [4.78, 5) is 14.3. The van der Waals surface area contributed by atoms with E-state index in [1.54, 1.807) is 0 Å². The number of rotatable bonds is 3. The van der Waals surface area contributed by atoms with Crippen LogP contribution in [-0.4, -0.2) is 11.4 Å². The Morgan fingerprint density at radius 2 is 1.39 bits per heavy atom. The fourth-order valence-corrected chi connectivity index (χ4v) is 8.12. The van der Waals surface area contributed by atoms with Crippen molar-refractivity contribution in [1.82, 2.24) is 0 Å². The minimum absolute atomic E-state index is 0.280. The number of benzene rings is 1. The Balaban J connectivity index is 1.36. The van der Waals surface area contributed by atoms with Gasteiger partial charge in [-0.25, -0.2) is 0 Å². The molecule has 0 spiro atoms. The van der Waals surface area contributed by atoms with Gasteiger partial charge in [-0.2, -0.15) is 0 Å². The highest BCUT2D eigenvalue weighted by Crippen LogP contribution is 2.55. The fourth-order valence-electron chi connectivity index (χ4n) is 7.88. The van der Waals surface area contributed by atoms with E-state index in [1.165, 1.54) is 57.8 Å². The molecule has 4 aliphatic rings. The lowest BCUT2D eigenvalue weighted by molar-refractivity contribution is -0.00966. The van der Waals surface area contributed by atoms with E-state index in [9.17, 15) is 4.79 Å². The first kappa shape index (κ1) is 19.0. The highest BCUT2D eigenvalue weighted by molar-refractivity contribution is 6.66. The van der Waals surface area contributed by atoms with Crippen LogP contribution in [0, 0.1) is 35.5 Å². The van der Waals surface area contributed by atoms with E-state index in [0.29, 0.717) is 0 Å². The zero-order chi connectivity index (χ0) is 19.1. The molecule has 0 radical (unpaired) electrons. The van der Waals surface area contributed by atoms with E-state index in [4.69, 9.17) is 11.6 Å². The predicted molar refractivity (Wildman–Crippen MR) is 116 cm³/mol. The van der Waals surface area contributed by atoms with Crippen molar-refractivity contribution in [3.8, 4) is 0 Å². The molecule has 1 aromatic rings. The second-order valence-electron chi connectivity index (χ2n) is 10.2. The van der Waals surface area contributed by atoms with Gasteiger partial charge in [0.15, 0.2) is 0 Å². The molecule has 28 heavy (non-hydrogen) atoms. The van der Waals surface area contributed by atoms with Crippen molar-refractivity contribution < 1.29 is 4.79 Å². The first-order chi connectivity index (χ1) is 13.7. The minimum atomic E-state index is -0.306. The molecule has 3 heteroatoms. The molecule has 4 aliphatic carbocycles. The maximum atomic E-state index is 12.4. The zero-order valence-corrected chi connectivity index (χ0v) is 17.7. The molecule has 3 unspecified atom stereocenters. The SMILES string of the molecule is O=C(Cl)N(c1ccccc1)C1C[C@H]2CCC[C@@H](C1)C2C1C[C@H]2CCC[C@@H](C1)C2. The van der Waals surface area contributed by atoms with Gasteiger partial charge in [0.1, 0.15) is 0 Å². The van der Waals surface area contributed by atoms with Gasteiger partial charge in [-0.15, -0.1) is 0 Å². The van der Waals surface area contributed by atoms with E-state index < -0.39 is 0 Å². The van der Waals surface area contributed by atoms with Crippen LogP contribution in [0.2, 0.25) is 0 Å². The summed E-state index contributed by atoms with van der Waals surface area (Å²) in [5.41, 5.74) is 0.969. The van der Waals surface area contributed by atoms with E-state index in [2.05, 4.69) is 0 Å². The van der Waals surface area contributed by atoms with Crippen LogP contribution in [-0.2, 0) is 0 Å². The monoisotopic (exact) mass is 399 g/mol. The van der Waals surface area contributed by atoms with Crippen molar-refractivity contribution >= 4 is 22.7 Å². The number of para-hydroxylation sites is 1. The third-order valence-electron chi connectivity index (χ3n) is 8.68. The highest BCUT2D eigenvalue weighted by Gasteiger charge is 2.48. The van der Waals surface area contributed by atoms with Crippen LogP contribution < -0.4 is 4.90 Å². The molecule has 5 rings (SSSR count). The smallest absolute Gasteiger partial charge is 0.296 e. The second-order valence-corrected chi connectivity index (χ2v) is 10.6. The normalized spacial score (nSPS) is 40.0. The Labute approximate surface area is 175 Å². The molecule has 1 aromatic carbocycles. The predicted octanol–water partition coefficient (Wildman–Crippen LogP) is 7.26. The molecular weight excluding hydrogens is 366 g/mol. The molecule has 0 saturated heterocycles. The number of carbonyl (C=O) groups excluding carboxylic acids is 1. The zero-order valence-electron chi connectivity index (χ0n) is 16.9. The Morgan fingerprint density at radius 1 is 0.786 bits per heavy atom. The number of fused-ring (bicyclic) bond motifs is 4. The summed E-state index contributed by atoms with van der Waals surface area (Å²) >= 11 is 6.11. The Bertz CT molecular complexity index is 665. The van der Waals surface area contributed by atoms with Crippen molar-refractivity contribution in [2.45, 2.75) is 76.7 Å². The molecule has 2 nitrogen and oxygen atoms in total. The lowest BCUT2D eigenvalue weighted by Crippen LogP contribution is -2.50. The van der Waals surface area contributed by atoms with Gasteiger partial charge in [-0.05, 0) is 91.3 Å².